The molecule has 0 bridgehead atoms. The van der Waals surface area contributed by atoms with Crippen LogP contribution in [0.2, 0.25) is 0 Å². The number of fused-ring (bicyclic) bond motifs is 1. The summed E-state index contributed by atoms with van der Waals surface area (Å²) >= 11 is 1.16. The minimum atomic E-state index is -0.596. The fourth-order valence-corrected chi connectivity index (χ4v) is 4.85. The number of amides is 1. The highest BCUT2D eigenvalue weighted by Crippen LogP contribution is 2.40. The molecule has 4 rings (SSSR count). The molecule has 1 aromatic heterocycles. The number of carbonyl (C=O) groups is 2. The van der Waals surface area contributed by atoms with Gasteiger partial charge in [0.15, 0.2) is 17.7 Å². The maximum atomic E-state index is 15.4. The largest absolute Gasteiger partial charge is 0.459 e. The summed E-state index contributed by atoms with van der Waals surface area (Å²) in [6, 6.07) is 1.60. The predicted molar refractivity (Wildman–Crippen MR) is 107 cm³/mol. The van der Waals surface area contributed by atoms with Crippen LogP contribution in [0.25, 0.3) is 11.0 Å². The standard InChI is InChI=1S/C19H22FN3O4S/c1-10-5-22(6-11(2)27-10)17-12(8-24)3-14-15(9-26-18(14)16(17)20)23-7-13(4-21)28-19(23)25/h3,8-11,13H,4-7,21H2,1-2H3/t10-,11-,13+/m1/s1. The zero-order chi connectivity index (χ0) is 20.0. The van der Waals surface area contributed by atoms with Crippen LogP contribution >= 0.6 is 11.8 Å². The van der Waals surface area contributed by atoms with Gasteiger partial charge in [-0.3, -0.25) is 14.5 Å². The van der Waals surface area contributed by atoms with E-state index in [2.05, 4.69) is 0 Å². The summed E-state index contributed by atoms with van der Waals surface area (Å²) in [7, 11) is 0. The van der Waals surface area contributed by atoms with Crippen LogP contribution in [-0.2, 0) is 4.74 Å². The molecule has 2 saturated heterocycles. The number of nitrogens with two attached hydrogens (primary N) is 1. The number of furan rings is 1. The second-order valence-electron chi connectivity index (χ2n) is 7.26. The molecule has 28 heavy (non-hydrogen) atoms. The van der Waals surface area contributed by atoms with Gasteiger partial charge in [0.05, 0.1) is 23.6 Å². The van der Waals surface area contributed by atoms with Crippen LogP contribution in [0.4, 0.5) is 20.6 Å². The predicted octanol–water partition coefficient (Wildman–Crippen LogP) is 3.00. The summed E-state index contributed by atoms with van der Waals surface area (Å²) in [5.74, 6) is -0.596. The molecular formula is C19H22FN3O4S. The van der Waals surface area contributed by atoms with Gasteiger partial charge >= 0.3 is 0 Å². The SMILES string of the molecule is C[C@@H]1CN(c2c(C=O)cc3c(N4C[C@H](CN)SC4=O)coc3c2F)C[C@@H](C)O1. The number of anilines is 2. The van der Waals surface area contributed by atoms with Crippen molar-refractivity contribution in [1.29, 1.82) is 0 Å². The Morgan fingerprint density at radius 3 is 2.64 bits per heavy atom. The maximum absolute atomic E-state index is 15.4. The molecule has 0 unspecified atom stereocenters. The van der Waals surface area contributed by atoms with E-state index in [1.54, 1.807) is 6.07 Å². The van der Waals surface area contributed by atoms with Crippen LogP contribution in [0.3, 0.4) is 0 Å². The van der Waals surface area contributed by atoms with E-state index in [0.29, 0.717) is 43.5 Å². The Morgan fingerprint density at radius 2 is 2.04 bits per heavy atom. The Bertz CT molecular complexity index is 924. The molecule has 1 amide bonds. The van der Waals surface area contributed by atoms with Crippen LogP contribution < -0.4 is 15.5 Å². The van der Waals surface area contributed by atoms with Crippen molar-refractivity contribution in [3.63, 3.8) is 0 Å². The Labute approximate surface area is 165 Å². The summed E-state index contributed by atoms with van der Waals surface area (Å²) in [6.07, 6.45) is 1.84. The quantitative estimate of drug-likeness (QED) is 0.780. The van der Waals surface area contributed by atoms with Crippen molar-refractivity contribution in [3.05, 3.63) is 23.7 Å². The average Bonchev–Trinajstić information content (AvgIpc) is 3.23. The van der Waals surface area contributed by atoms with Gasteiger partial charge in [0, 0.05) is 42.4 Å². The maximum Gasteiger partial charge on any atom is 0.286 e. The molecular weight excluding hydrogens is 385 g/mol. The Morgan fingerprint density at radius 1 is 1.32 bits per heavy atom. The van der Waals surface area contributed by atoms with Crippen molar-refractivity contribution in [2.24, 2.45) is 5.73 Å². The highest BCUT2D eigenvalue weighted by atomic mass is 32.2. The first-order valence-corrected chi connectivity index (χ1v) is 10.1. The lowest BCUT2D eigenvalue weighted by atomic mass is 10.1. The highest BCUT2D eigenvalue weighted by molar-refractivity contribution is 8.14. The van der Waals surface area contributed by atoms with Gasteiger partial charge in [0.25, 0.3) is 5.24 Å². The smallest absolute Gasteiger partial charge is 0.286 e. The third kappa shape index (κ3) is 3.17. The Kier molecular flexibility index (Phi) is 5.07. The highest BCUT2D eigenvalue weighted by Gasteiger charge is 2.34. The van der Waals surface area contributed by atoms with Crippen molar-refractivity contribution >= 4 is 45.6 Å². The molecule has 0 spiro atoms. The molecule has 0 radical (unpaired) electrons. The van der Waals surface area contributed by atoms with Gasteiger partial charge in [0.2, 0.25) is 0 Å². The number of aldehydes is 1. The summed E-state index contributed by atoms with van der Waals surface area (Å²) in [5.41, 5.74) is 6.61. The molecule has 150 valence electrons. The third-order valence-electron chi connectivity index (χ3n) is 5.08. The Balaban J connectivity index is 1.79. The Hall–Kier alpha value is -2.10. The molecule has 9 heteroatoms. The van der Waals surface area contributed by atoms with Crippen LogP contribution in [-0.4, -0.2) is 55.2 Å². The number of hydrogen-bond donors (Lipinski definition) is 1. The third-order valence-corrected chi connectivity index (χ3v) is 6.18. The van der Waals surface area contributed by atoms with Gasteiger partial charge in [-0.25, -0.2) is 4.39 Å². The molecule has 7 nitrogen and oxygen atoms in total. The number of carbonyl (C=O) groups excluding carboxylic acids is 2. The van der Waals surface area contributed by atoms with E-state index in [9.17, 15) is 9.59 Å². The summed E-state index contributed by atoms with van der Waals surface area (Å²) in [5, 5.41) is 0.221. The number of thioether (sulfide) groups is 1. The number of ether oxygens (including phenoxy) is 1. The van der Waals surface area contributed by atoms with Crippen molar-refractivity contribution < 1.29 is 23.1 Å². The van der Waals surface area contributed by atoms with E-state index in [-0.39, 0.29) is 39.5 Å². The van der Waals surface area contributed by atoms with Gasteiger partial charge in [-0.15, -0.1) is 0 Å². The summed E-state index contributed by atoms with van der Waals surface area (Å²) < 4.78 is 26.7. The van der Waals surface area contributed by atoms with E-state index in [1.807, 2.05) is 18.7 Å². The fourth-order valence-electron chi connectivity index (χ4n) is 3.95. The number of benzene rings is 1. The number of nitrogens with zero attached hydrogens (tertiary/aromatic N) is 2. The minimum absolute atomic E-state index is 0.0246. The fraction of sp³-hybridized carbons (Fsp3) is 0.474. The molecule has 2 aliphatic rings. The normalized spacial score (nSPS) is 25.7. The zero-order valence-corrected chi connectivity index (χ0v) is 16.5. The number of rotatable bonds is 4. The van der Waals surface area contributed by atoms with Gasteiger partial charge < -0.3 is 19.8 Å². The molecule has 1 aromatic carbocycles. The van der Waals surface area contributed by atoms with E-state index in [4.69, 9.17) is 14.9 Å². The second-order valence-corrected chi connectivity index (χ2v) is 8.51. The van der Waals surface area contributed by atoms with E-state index >= 15 is 4.39 Å². The first-order valence-electron chi connectivity index (χ1n) is 9.20. The van der Waals surface area contributed by atoms with Crippen LogP contribution in [0, 0.1) is 5.82 Å². The van der Waals surface area contributed by atoms with Crippen molar-refractivity contribution in [3.8, 4) is 0 Å². The van der Waals surface area contributed by atoms with Crippen LogP contribution in [0.5, 0.6) is 0 Å². The van der Waals surface area contributed by atoms with E-state index < -0.39 is 5.82 Å². The van der Waals surface area contributed by atoms with Gasteiger partial charge in [0.1, 0.15) is 6.26 Å². The molecule has 0 aliphatic carbocycles. The van der Waals surface area contributed by atoms with Gasteiger partial charge in [-0.1, -0.05) is 11.8 Å². The van der Waals surface area contributed by atoms with E-state index in [0.717, 1.165) is 11.8 Å². The van der Waals surface area contributed by atoms with Crippen molar-refractivity contribution in [2.75, 3.05) is 36.0 Å². The topological polar surface area (TPSA) is 89.0 Å². The summed E-state index contributed by atoms with van der Waals surface area (Å²) in [6.45, 7) is 5.56. The summed E-state index contributed by atoms with van der Waals surface area (Å²) in [4.78, 5) is 27.5. The van der Waals surface area contributed by atoms with Crippen molar-refractivity contribution in [2.45, 2.75) is 31.3 Å². The molecule has 2 N–H and O–H groups in total. The monoisotopic (exact) mass is 407 g/mol. The second kappa shape index (κ2) is 7.38. The average molecular weight is 407 g/mol. The lowest BCUT2D eigenvalue weighted by Crippen LogP contribution is -2.46. The first kappa shape index (κ1) is 19.2. The molecule has 2 aliphatic heterocycles. The molecule has 0 saturated carbocycles. The zero-order valence-electron chi connectivity index (χ0n) is 15.7. The van der Waals surface area contributed by atoms with Crippen LogP contribution in [0.15, 0.2) is 16.7 Å². The molecule has 2 fully saturated rings. The van der Waals surface area contributed by atoms with Crippen molar-refractivity contribution in [1.82, 2.24) is 0 Å². The van der Waals surface area contributed by atoms with E-state index in [1.165, 1.54) is 11.2 Å². The number of hydrogen-bond acceptors (Lipinski definition) is 7. The van der Waals surface area contributed by atoms with Gasteiger partial charge in [-0.05, 0) is 19.9 Å². The lowest BCUT2D eigenvalue weighted by Gasteiger charge is -2.37. The number of morpholine rings is 1. The van der Waals surface area contributed by atoms with Crippen LogP contribution in [0.1, 0.15) is 24.2 Å². The minimum Gasteiger partial charge on any atom is -0.459 e. The number of halogens is 1. The first-order chi connectivity index (χ1) is 13.4. The lowest BCUT2D eigenvalue weighted by molar-refractivity contribution is -0.00542. The molecule has 3 heterocycles. The molecule has 2 aromatic rings. The van der Waals surface area contributed by atoms with Gasteiger partial charge in [-0.2, -0.15) is 0 Å². The molecule has 3 atom stereocenters.